The van der Waals surface area contributed by atoms with Crippen LogP contribution in [-0.4, -0.2) is 9.97 Å². The second kappa shape index (κ2) is 3.21. The topological polar surface area (TPSA) is 28.7 Å². The van der Waals surface area contributed by atoms with Crippen LogP contribution in [0.1, 0.15) is 24.6 Å². The summed E-state index contributed by atoms with van der Waals surface area (Å²) in [5.74, 6) is 0. The predicted molar refractivity (Wildman–Crippen MR) is 54.8 cm³/mol. The van der Waals surface area contributed by atoms with Gasteiger partial charge in [-0.1, -0.05) is 13.3 Å². The fraction of sp³-hybridized carbons (Fsp3) is 0.364. The van der Waals surface area contributed by atoms with Crippen LogP contribution >= 0.6 is 0 Å². The van der Waals surface area contributed by atoms with Crippen molar-refractivity contribution in [2.45, 2.75) is 26.7 Å². The number of H-pyrrole nitrogens is 1. The van der Waals surface area contributed by atoms with Gasteiger partial charge < -0.3 is 4.98 Å². The number of pyridine rings is 1. The molecule has 2 nitrogen and oxygen atoms in total. The molecule has 0 aliphatic carbocycles. The molecule has 0 saturated carbocycles. The first-order chi connectivity index (χ1) is 6.31. The highest BCUT2D eigenvalue weighted by Crippen LogP contribution is 2.16. The van der Waals surface area contributed by atoms with Crippen LogP contribution in [-0.2, 0) is 6.42 Å². The molecule has 0 aromatic carbocycles. The molecule has 0 saturated heterocycles. The van der Waals surface area contributed by atoms with Crippen LogP contribution in [0, 0.1) is 6.92 Å². The van der Waals surface area contributed by atoms with E-state index < -0.39 is 0 Å². The van der Waals surface area contributed by atoms with Crippen molar-refractivity contribution in [3.05, 3.63) is 29.6 Å². The lowest BCUT2D eigenvalue weighted by atomic mass is 10.2. The quantitative estimate of drug-likeness (QED) is 0.745. The van der Waals surface area contributed by atoms with E-state index in [4.69, 9.17) is 0 Å². The van der Waals surface area contributed by atoms with Gasteiger partial charge >= 0.3 is 0 Å². The molecular formula is C11H14N2. The van der Waals surface area contributed by atoms with Gasteiger partial charge in [-0.05, 0) is 31.0 Å². The zero-order valence-electron chi connectivity index (χ0n) is 8.09. The van der Waals surface area contributed by atoms with Crippen LogP contribution in [0.5, 0.6) is 0 Å². The Morgan fingerprint density at radius 2 is 2.23 bits per heavy atom. The van der Waals surface area contributed by atoms with Crippen molar-refractivity contribution in [1.29, 1.82) is 0 Å². The summed E-state index contributed by atoms with van der Waals surface area (Å²) in [4.78, 5) is 7.71. The van der Waals surface area contributed by atoms with Gasteiger partial charge in [0.05, 0.1) is 0 Å². The molecule has 68 valence electrons. The summed E-state index contributed by atoms with van der Waals surface area (Å²) in [5.41, 5.74) is 3.46. The molecule has 0 aliphatic heterocycles. The van der Waals surface area contributed by atoms with Crippen LogP contribution in [0.25, 0.3) is 11.0 Å². The van der Waals surface area contributed by atoms with Crippen LogP contribution in [0.2, 0.25) is 0 Å². The summed E-state index contributed by atoms with van der Waals surface area (Å²) in [7, 11) is 0. The van der Waals surface area contributed by atoms with E-state index in [1.807, 2.05) is 6.20 Å². The molecule has 2 heteroatoms. The van der Waals surface area contributed by atoms with E-state index >= 15 is 0 Å². The Kier molecular flexibility index (Phi) is 2.05. The Labute approximate surface area is 78.0 Å². The van der Waals surface area contributed by atoms with Crippen molar-refractivity contribution in [2.75, 3.05) is 0 Å². The van der Waals surface area contributed by atoms with Gasteiger partial charge in [-0.15, -0.1) is 0 Å². The van der Waals surface area contributed by atoms with Crippen molar-refractivity contribution in [2.24, 2.45) is 0 Å². The van der Waals surface area contributed by atoms with Gasteiger partial charge in [0.25, 0.3) is 0 Å². The molecule has 0 radical (unpaired) electrons. The molecule has 2 aromatic heterocycles. The zero-order chi connectivity index (χ0) is 9.26. The number of nitrogens with zero attached hydrogens (tertiary/aromatic N) is 1. The molecule has 2 rings (SSSR count). The summed E-state index contributed by atoms with van der Waals surface area (Å²) in [6.07, 6.45) is 4.22. The summed E-state index contributed by atoms with van der Waals surface area (Å²) in [6, 6.07) is 4.27. The van der Waals surface area contributed by atoms with E-state index in [2.05, 4.69) is 35.9 Å². The maximum Gasteiger partial charge on any atom is 0.137 e. The Balaban J connectivity index is 2.50. The highest BCUT2D eigenvalue weighted by atomic mass is 14.8. The Morgan fingerprint density at radius 1 is 1.38 bits per heavy atom. The van der Waals surface area contributed by atoms with E-state index in [-0.39, 0.29) is 0 Å². The maximum atomic E-state index is 4.53. The summed E-state index contributed by atoms with van der Waals surface area (Å²) in [6.45, 7) is 4.27. The molecule has 0 bridgehead atoms. The van der Waals surface area contributed by atoms with Gasteiger partial charge in [0.15, 0.2) is 0 Å². The van der Waals surface area contributed by atoms with Crippen LogP contribution in [0.3, 0.4) is 0 Å². The summed E-state index contributed by atoms with van der Waals surface area (Å²) >= 11 is 0. The van der Waals surface area contributed by atoms with Crippen molar-refractivity contribution in [1.82, 2.24) is 9.97 Å². The third kappa shape index (κ3) is 1.44. The van der Waals surface area contributed by atoms with Gasteiger partial charge in [-0.3, -0.25) is 0 Å². The van der Waals surface area contributed by atoms with Gasteiger partial charge in [0.1, 0.15) is 5.65 Å². The second-order valence-corrected chi connectivity index (χ2v) is 3.42. The first-order valence-electron chi connectivity index (χ1n) is 4.75. The lowest BCUT2D eigenvalue weighted by Crippen LogP contribution is -1.88. The molecule has 2 heterocycles. The standard InChI is InChI=1S/C11H14N2/c1-3-4-9-5-6-10-8(2)7-12-11(10)13-9/h5-7H,3-4H2,1-2H3,(H,12,13). The van der Waals surface area contributed by atoms with Crippen molar-refractivity contribution < 1.29 is 0 Å². The van der Waals surface area contributed by atoms with E-state index in [1.54, 1.807) is 0 Å². The average Bonchev–Trinajstić information content (AvgIpc) is 2.48. The third-order valence-electron chi connectivity index (χ3n) is 2.31. The summed E-state index contributed by atoms with van der Waals surface area (Å²) in [5, 5.41) is 1.24. The molecular weight excluding hydrogens is 160 g/mol. The highest BCUT2D eigenvalue weighted by Gasteiger charge is 2.01. The fourth-order valence-corrected chi connectivity index (χ4v) is 1.58. The summed E-state index contributed by atoms with van der Waals surface area (Å²) < 4.78 is 0. The lowest BCUT2D eigenvalue weighted by Gasteiger charge is -1.97. The third-order valence-corrected chi connectivity index (χ3v) is 2.31. The van der Waals surface area contributed by atoms with E-state index in [0.29, 0.717) is 0 Å². The van der Waals surface area contributed by atoms with E-state index in [9.17, 15) is 0 Å². The minimum Gasteiger partial charge on any atom is -0.346 e. The molecule has 13 heavy (non-hydrogen) atoms. The molecule has 0 atom stereocenters. The van der Waals surface area contributed by atoms with Crippen molar-refractivity contribution in [3.8, 4) is 0 Å². The molecule has 0 aliphatic rings. The number of rotatable bonds is 2. The van der Waals surface area contributed by atoms with Crippen LogP contribution in [0.4, 0.5) is 0 Å². The Hall–Kier alpha value is -1.31. The number of aromatic nitrogens is 2. The molecule has 0 unspecified atom stereocenters. The van der Waals surface area contributed by atoms with E-state index in [1.165, 1.54) is 16.6 Å². The first kappa shape index (κ1) is 8.30. The minimum atomic E-state index is 1.02. The number of fused-ring (bicyclic) bond motifs is 1. The predicted octanol–water partition coefficient (Wildman–Crippen LogP) is 2.82. The average molecular weight is 174 g/mol. The SMILES string of the molecule is CCCc1ccc2c(C)c[nH]c2n1. The van der Waals surface area contributed by atoms with Gasteiger partial charge in [0.2, 0.25) is 0 Å². The number of hydrogen-bond donors (Lipinski definition) is 1. The first-order valence-corrected chi connectivity index (χ1v) is 4.75. The normalized spacial score (nSPS) is 10.9. The number of hydrogen-bond acceptors (Lipinski definition) is 1. The van der Waals surface area contributed by atoms with Gasteiger partial charge in [-0.2, -0.15) is 0 Å². The molecule has 0 amide bonds. The molecule has 1 N–H and O–H groups in total. The second-order valence-electron chi connectivity index (χ2n) is 3.42. The van der Waals surface area contributed by atoms with E-state index in [0.717, 1.165) is 18.5 Å². The fourth-order valence-electron chi connectivity index (χ4n) is 1.58. The molecule has 0 fully saturated rings. The van der Waals surface area contributed by atoms with Gasteiger partial charge in [-0.25, -0.2) is 4.98 Å². The number of nitrogens with one attached hydrogen (secondary N) is 1. The minimum absolute atomic E-state index is 1.02. The number of aromatic amines is 1. The van der Waals surface area contributed by atoms with Crippen LogP contribution in [0.15, 0.2) is 18.3 Å². The van der Waals surface area contributed by atoms with Crippen molar-refractivity contribution >= 4 is 11.0 Å². The Bertz CT molecular complexity index is 415. The monoisotopic (exact) mass is 174 g/mol. The lowest BCUT2D eigenvalue weighted by molar-refractivity contribution is 0.888. The van der Waals surface area contributed by atoms with Crippen molar-refractivity contribution in [3.63, 3.8) is 0 Å². The van der Waals surface area contributed by atoms with Gasteiger partial charge in [0, 0.05) is 17.3 Å². The Morgan fingerprint density at radius 3 is 3.00 bits per heavy atom. The zero-order valence-corrected chi connectivity index (χ0v) is 8.09. The largest absolute Gasteiger partial charge is 0.346 e. The molecule has 2 aromatic rings. The van der Waals surface area contributed by atoms with Crippen LogP contribution < -0.4 is 0 Å². The molecule has 0 spiro atoms. The maximum absolute atomic E-state index is 4.53. The smallest absolute Gasteiger partial charge is 0.137 e. The number of aryl methyl sites for hydroxylation is 2. The highest BCUT2D eigenvalue weighted by molar-refractivity contribution is 5.79.